The zero-order valence-electron chi connectivity index (χ0n) is 12.6. The molecule has 2 unspecified atom stereocenters. The Hall–Kier alpha value is -1.51. The van der Waals surface area contributed by atoms with Gasteiger partial charge in [-0.1, -0.05) is 32.8 Å². The summed E-state index contributed by atoms with van der Waals surface area (Å²) < 4.78 is 0. The van der Waals surface area contributed by atoms with E-state index in [1.807, 2.05) is 19.1 Å². The molecule has 0 aromatic heterocycles. The SMILES string of the molecule is Cc1ccc(C(=O)O)c(NC2CCCCC2C(C)C)c1. The predicted octanol–water partition coefficient (Wildman–Crippen LogP) is 4.32. The summed E-state index contributed by atoms with van der Waals surface area (Å²) >= 11 is 0. The average molecular weight is 275 g/mol. The van der Waals surface area contributed by atoms with Crippen molar-refractivity contribution in [3.8, 4) is 0 Å². The first-order chi connectivity index (χ1) is 9.49. The molecule has 3 nitrogen and oxygen atoms in total. The molecule has 0 radical (unpaired) electrons. The summed E-state index contributed by atoms with van der Waals surface area (Å²) in [7, 11) is 0. The van der Waals surface area contributed by atoms with Crippen LogP contribution in [0.4, 0.5) is 5.69 Å². The molecular formula is C17H25NO2. The Morgan fingerprint density at radius 2 is 2.00 bits per heavy atom. The molecule has 0 spiro atoms. The molecule has 0 bridgehead atoms. The van der Waals surface area contributed by atoms with Crippen LogP contribution in [0.15, 0.2) is 18.2 Å². The Bertz CT molecular complexity index is 482. The van der Waals surface area contributed by atoms with Crippen LogP contribution in [-0.2, 0) is 0 Å². The first-order valence-electron chi connectivity index (χ1n) is 7.59. The number of hydrogen-bond donors (Lipinski definition) is 2. The lowest BCUT2D eigenvalue weighted by atomic mass is 9.77. The highest BCUT2D eigenvalue weighted by Gasteiger charge is 2.28. The highest BCUT2D eigenvalue weighted by molar-refractivity contribution is 5.94. The Morgan fingerprint density at radius 3 is 2.65 bits per heavy atom. The van der Waals surface area contributed by atoms with E-state index in [1.54, 1.807) is 6.07 Å². The average Bonchev–Trinajstić information content (AvgIpc) is 2.38. The normalized spacial score (nSPS) is 22.8. The quantitative estimate of drug-likeness (QED) is 0.860. The predicted molar refractivity (Wildman–Crippen MR) is 82.3 cm³/mol. The zero-order chi connectivity index (χ0) is 14.7. The second-order valence-corrected chi connectivity index (χ2v) is 6.30. The number of aryl methyl sites for hydroxylation is 1. The van der Waals surface area contributed by atoms with Gasteiger partial charge in [-0.15, -0.1) is 0 Å². The minimum atomic E-state index is -0.857. The number of carboxylic acid groups (broad SMARTS) is 1. The van der Waals surface area contributed by atoms with Gasteiger partial charge in [-0.25, -0.2) is 4.79 Å². The number of nitrogens with one attached hydrogen (secondary N) is 1. The molecule has 0 heterocycles. The van der Waals surface area contributed by atoms with Crippen molar-refractivity contribution >= 4 is 11.7 Å². The molecule has 1 fully saturated rings. The van der Waals surface area contributed by atoms with E-state index in [2.05, 4.69) is 19.2 Å². The van der Waals surface area contributed by atoms with Gasteiger partial charge in [-0.05, 0) is 49.3 Å². The topological polar surface area (TPSA) is 49.3 Å². The van der Waals surface area contributed by atoms with Gasteiger partial charge >= 0.3 is 5.97 Å². The number of rotatable bonds is 4. The van der Waals surface area contributed by atoms with E-state index >= 15 is 0 Å². The number of carboxylic acids is 1. The van der Waals surface area contributed by atoms with Gasteiger partial charge in [0.05, 0.1) is 5.56 Å². The number of hydrogen-bond acceptors (Lipinski definition) is 2. The minimum absolute atomic E-state index is 0.378. The van der Waals surface area contributed by atoms with E-state index in [0.717, 1.165) is 17.7 Å². The number of aromatic carboxylic acids is 1. The molecule has 1 aromatic rings. The summed E-state index contributed by atoms with van der Waals surface area (Å²) in [6, 6.07) is 5.90. The largest absolute Gasteiger partial charge is 0.478 e. The van der Waals surface area contributed by atoms with Crippen molar-refractivity contribution in [2.24, 2.45) is 11.8 Å². The van der Waals surface area contributed by atoms with Crippen molar-refractivity contribution in [2.45, 2.75) is 52.5 Å². The van der Waals surface area contributed by atoms with Crippen molar-refractivity contribution in [3.05, 3.63) is 29.3 Å². The molecule has 0 aliphatic heterocycles. The summed E-state index contributed by atoms with van der Waals surface area (Å²) in [5, 5.41) is 12.8. The van der Waals surface area contributed by atoms with E-state index < -0.39 is 5.97 Å². The van der Waals surface area contributed by atoms with E-state index in [4.69, 9.17) is 0 Å². The highest BCUT2D eigenvalue weighted by atomic mass is 16.4. The Balaban J connectivity index is 2.23. The molecule has 0 amide bonds. The molecule has 0 saturated heterocycles. The second kappa shape index (κ2) is 6.29. The van der Waals surface area contributed by atoms with Gasteiger partial charge in [-0.3, -0.25) is 0 Å². The van der Waals surface area contributed by atoms with Crippen LogP contribution in [0.5, 0.6) is 0 Å². The maximum Gasteiger partial charge on any atom is 0.337 e. The molecule has 1 aliphatic rings. The van der Waals surface area contributed by atoms with Gasteiger partial charge in [-0.2, -0.15) is 0 Å². The molecule has 2 rings (SSSR count). The van der Waals surface area contributed by atoms with Crippen LogP contribution in [0.25, 0.3) is 0 Å². The molecule has 20 heavy (non-hydrogen) atoms. The number of carbonyl (C=O) groups is 1. The molecule has 3 heteroatoms. The molecular weight excluding hydrogens is 250 g/mol. The number of anilines is 1. The van der Waals surface area contributed by atoms with Gasteiger partial charge in [0.25, 0.3) is 0 Å². The van der Waals surface area contributed by atoms with E-state index in [1.165, 1.54) is 19.3 Å². The molecule has 2 atom stereocenters. The van der Waals surface area contributed by atoms with Crippen molar-refractivity contribution in [2.75, 3.05) is 5.32 Å². The fourth-order valence-corrected chi connectivity index (χ4v) is 3.30. The van der Waals surface area contributed by atoms with Crippen LogP contribution in [0, 0.1) is 18.8 Å². The van der Waals surface area contributed by atoms with Crippen LogP contribution in [0.1, 0.15) is 55.5 Å². The molecule has 1 aliphatic carbocycles. The molecule has 1 aromatic carbocycles. The van der Waals surface area contributed by atoms with Gasteiger partial charge in [0.2, 0.25) is 0 Å². The van der Waals surface area contributed by atoms with Crippen LogP contribution < -0.4 is 5.32 Å². The van der Waals surface area contributed by atoms with Crippen molar-refractivity contribution in [3.63, 3.8) is 0 Å². The molecule has 110 valence electrons. The fraction of sp³-hybridized carbons (Fsp3) is 0.588. The Kier molecular flexibility index (Phi) is 4.69. The van der Waals surface area contributed by atoms with Crippen molar-refractivity contribution in [1.82, 2.24) is 0 Å². The fourth-order valence-electron chi connectivity index (χ4n) is 3.30. The summed E-state index contributed by atoms with van der Waals surface area (Å²) in [4.78, 5) is 11.4. The van der Waals surface area contributed by atoms with Gasteiger partial charge in [0.15, 0.2) is 0 Å². The third kappa shape index (κ3) is 3.33. The first-order valence-corrected chi connectivity index (χ1v) is 7.59. The summed E-state index contributed by atoms with van der Waals surface area (Å²) in [5.74, 6) is 0.404. The molecule has 1 saturated carbocycles. The minimum Gasteiger partial charge on any atom is -0.478 e. The van der Waals surface area contributed by atoms with E-state index in [0.29, 0.717) is 23.4 Å². The Morgan fingerprint density at radius 1 is 1.30 bits per heavy atom. The van der Waals surface area contributed by atoms with E-state index in [9.17, 15) is 9.90 Å². The summed E-state index contributed by atoms with van der Waals surface area (Å²) in [6.45, 7) is 6.52. The lowest BCUT2D eigenvalue weighted by Gasteiger charge is -2.36. The first kappa shape index (κ1) is 14.9. The maximum absolute atomic E-state index is 11.4. The lowest BCUT2D eigenvalue weighted by molar-refractivity contribution is 0.0698. The summed E-state index contributed by atoms with van der Waals surface area (Å²) in [5.41, 5.74) is 2.24. The summed E-state index contributed by atoms with van der Waals surface area (Å²) in [6.07, 6.45) is 4.90. The van der Waals surface area contributed by atoms with Crippen molar-refractivity contribution in [1.29, 1.82) is 0 Å². The monoisotopic (exact) mass is 275 g/mol. The standard InChI is InChI=1S/C17H25NO2/c1-11(2)13-6-4-5-7-15(13)18-16-10-12(3)8-9-14(16)17(19)20/h8-11,13,15,18H,4-7H2,1-3H3,(H,19,20). The second-order valence-electron chi connectivity index (χ2n) is 6.30. The van der Waals surface area contributed by atoms with Gasteiger partial charge in [0.1, 0.15) is 0 Å². The van der Waals surface area contributed by atoms with Crippen LogP contribution in [-0.4, -0.2) is 17.1 Å². The van der Waals surface area contributed by atoms with Crippen molar-refractivity contribution < 1.29 is 9.90 Å². The smallest absolute Gasteiger partial charge is 0.337 e. The van der Waals surface area contributed by atoms with Crippen LogP contribution >= 0.6 is 0 Å². The van der Waals surface area contributed by atoms with E-state index in [-0.39, 0.29) is 0 Å². The Labute approximate surface area is 121 Å². The van der Waals surface area contributed by atoms with Crippen LogP contribution in [0.2, 0.25) is 0 Å². The zero-order valence-corrected chi connectivity index (χ0v) is 12.6. The number of benzene rings is 1. The lowest BCUT2D eigenvalue weighted by Crippen LogP contribution is -2.35. The third-order valence-corrected chi connectivity index (χ3v) is 4.42. The highest BCUT2D eigenvalue weighted by Crippen LogP contribution is 2.33. The van der Waals surface area contributed by atoms with Gasteiger partial charge in [0, 0.05) is 11.7 Å². The van der Waals surface area contributed by atoms with Gasteiger partial charge < -0.3 is 10.4 Å². The van der Waals surface area contributed by atoms with Crippen LogP contribution in [0.3, 0.4) is 0 Å². The third-order valence-electron chi connectivity index (χ3n) is 4.42. The maximum atomic E-state index is 11.4. The molecule has 2 N–H and O–H groups in total.